The van der Waals surface area contributed by atoms with Gasteiger partial charge in [-0.25, -0.2) is 4.79 Å². The molecule has 98 valence electrons. The zero-order valence-electron chi connectivity index (χ0n) is 10.3. The molecule has 3 N–H and O–H groups in total. The highest BCUT2D eigenvalue weighted by atomic mass is 16.5. The third-order valence-corrected chi connectivity index (χ3v) is 2.05. The number of rotatable bonds is 2. The van der Waals surface area contributed by atoms with Gasteiger partial charge in [0.2, 0.25) is 0 Å². The second-order valence-corrected chi connectivity index (χ2v) is 3.50. The molecule has 0 aliphatic rings. The number of anilines is 1. The monoisotopic (exact) mass is 257 g/mol. The number of hydrogen-bond acceptors (Lipinski definition) is 4. The highest BCUT2D eigenvalue weighted by Crippen LogP contribution is 2.19. The van der Waals surface area contributed by atoms with E-state index in [1.165, 1.54) is 0 Å². The van der Waals surface area contributed by atoms with Crippen molar-refractivity contribution < 1.29 is 14.6 Å². The van der Waals surface area contributed by atoms with E-state index in [2.05, 4.69) is 6.58 Å². The normalized spacial score (nSPS) is 8.84. The van der Waals surface area contributed by atoms with Crippen molar-refractivity contribution in [1.29, 1.82) is 0 Å². The van der Waals surface area contributed by atoms with Crippen LogP contribution in [0.25, 0.3) is 0 Å². The van der Waals surface area contributed by atoms with Gasteiger partial charge in [-0.1, -0.05) is 36.9 Å². The fourth-order valence-corrected chi connectivity index (χ4v) is 1.15. The molecule has 0 aliphatic carbocycles. The first-order valence-corrected chi connectivity index (χ1v) is 5.56. The summed E-state index contributed by atoms with van der Waals surface area (Å²) in [6.07, 6.45) is 1.09. The van der Waals surface area contributed by atoms with Crippen LogP contribution in [0.5, 0.6) is 11.5 Å². The molecule has 0 aromatic heterocycles. The van der Waals surface area contributed by atoms with Crippen molar-refractivity contribution in [2.24, 2.45) is 0 Å². The van der Waals surface area contributed by atoms with E-state index in [1.54, 1.807) is 48.5 Å². The molecule has 0 spiro atoms. The molecule has 2 aromatic rings. The minimum Gasteiger partial charge on any atom is -0.508 e. The molecule has 2 rings (SSSR count). The lowest BCUT2D eigenvalue weighted by atomic mass is 10.3. The molecule has 19 heavy (non-hydrogen) atoms. The summed E-state index contributed by atoms with van der Waals surface area (Å²) in [5.74, 6) is 0.179. The number of para-hydroxylation sites is 3. The molecule has 4 nitrogen and oxygen atoms in total. The first-order valence-electron chi connectivity index (χ1n) is 5.56. The van der Waals surface area contributed by atoms with Crippen LogP contribution in [-0.4, -0.2) is 11.1 Å². The average Bonchev–Trinajstić information content (AvgIpc) is 2.43. The summed E-state index contributed by atoms with van der Waals surface area (Å²) in [6, 6.07) is 15.5. The Morgan fingerprint density at radius 3 is 2.16 bits per heavy atom. The van der Waals surface area contributed by atoms with Gasteiger partial charge < -0.3 is 15.6 Å². The highest BCUT2D eigenvalue weighted by Gasteiger charge is 2.01. The predicted octanol–water partition coefficient (Wildman–Crippen LogP) is 2.75. The number of nitrogens with two attached hydrogens (primary N) is 1. The van der Waals surface area contributed by atoms with Crippen molar-refractivity contribution >= 4 is 11.7 Å². The molecule has 2 aromatic carbocycles. The number of carbonyl (C=O) groups is 1. The van der Waals surface area contributed by atoms with E-state index in [1.807, 2.05) is 6.07 Å². The third-order valence-electron chi connectivity index (χ3n) is 2.05. The standard InChI is InChI=1S/C9H9NO2.C6H6O/c1-2-9(11)12-8-6-4-3-5-7(8)10;7-6-4-2-1-3-5-6/h2-6H,1,10H2;1-5,7H. The van der Waals surface area contributed by atoms with E-state index in [-0.39, 0.29) is 0 Å². The largest absolute Gasteiger partial charge is 0.508 e. The van der Waals surface area contributed by atoms with Crippen LogP contribution in [0.1, 0.15) is 0 Å². The number of nitrogen functional groups attached to an aromatic ring is 1. The van der Waals surface area contributed by atoms with E-state index < -0.39 is 5.97 Å². The minimum atomic E-state index is -0.507. The summed E-state index contributed by atoms with van der Waals surface area (Å²) in [5, 5.41) is 8.63. The molecule has 0 saturated heterocycles. The Balaban J connectivity index is 0.000000218. The van der Waals surface area contributed by atoms with Gasteiger partial charge in [0, 0.05) is 6.08 Å². The lowest BCUT2D eigenvalue weighted by molar-refractivity contribution is -0.128. The van der Waals surface area contributed by atoms with Crippen molar-refractivity contribution in [3.63, 3.8) is 0 Å². The maximum Gasteiger partial charge on any atom is 0.335 e. The summed E-state index contributed by atoms with van der Waals surface area (Å²) in [7, 11) is 0. The second-order valence-electron chi connectivity index (χ2n) is 3.50. The molecule has 0 atom stereocenters. The van der Waals surface area contributed by atoms with Crippen LogP contribution in [0.3, 0.4) is 0 Å². The Labute approximate surface area is 111 Å². The molecule has 0 heterocycles. The molecule has 0 amide bonds. The molecular formula is C15H15NO3. The molecule has 0 unspecified atom stereocenters. The smallest absolute Gasteiger partial charge is 0.335 e. The van der Waals surface area contributed by atoms with Crippen LogP contribution in [0.4, 0.5) is 5.69 Å². The molecule has 0 saturated carbocycles. The van der Waals surface area contributed by atoms with Gasteiger partial charge in [0.15, 0.2) is 5.75 Å². The fourth-order valence-electron chi connectivity index (χ4n) is 1.15. The molecule has 4 heteroatoms. The van der Waals surface area contributed by atoms with Crippen LogP contribution in [0, 0.1) is 0 Å². The first-order chi connectivity index (χ1) is 9.13. The molecular weight excluding hydrogens is 242 g/mol. The SMILES string of the molecule is C=CC(=O)Oc1ccccc1N.Oc1ccccc1. The van der Waals surface area contributed by atoms with E-state index in [9.17, 15) is 4.79 Å². The number of phenolic OH excluding ortho intramolecular Hbond substituents is 1. The van der Waals surface area contributed by atoms with Crippen molar-refractivity contribution in [2.75, 3.05) is 5.73 Å². The Kier molecular flexibility index (Phi) is 5.69. The van der Waals surface area contributed by atoms with Crippen molar-refractivity contribution in [3.05, 3.63) is 67.3 Å². The van der Waals surface area contributed by atoms with Gasteiger partial charge in [-0.3, -0.25) is 0 Å². The van der Waals surface area contributed by atoms with Crippen molar-refractivity contribution in [1.82, 2.24) is 0 Å². The van der Waals surface area contributed by atoms with E-state index >= 15 is 0 Å². The molecule has 0 bridgehead atoms. The molecule has 0 fully saturated rings. The van der Waals surface area contributed by atoms with Gasteiger partial charge in [-0.2, -0.15) is 0 Å². The molecule has 0 radical (unpaired) electrons. The number of aromatic hydroxyl groups is 1. The maximum absolute atomic E-state index is 10.7. The third kappa shape index (κ3) is 5.41. The summed E-state index contributed by atoms with van der Waals surface area (Å²) >= 11 is 0. The van der Waals surface area contributed by atoms with E-state index in [4.69, 9.17) is 15.6 Å². The van der Waals surface area contributed by atoms with E-state index in [0.29, 0.717) is 17.2 Å². The quantitative estimate of drug-likeness (QED) is 0.375. The summed E-state index contributed by atoms with van der Waals surface area (Å²) in [5.41, 5.74) is 5.95. The van der Waals surface area contributed by atoms with Gasteiger partial charge >= 0.3 is 5.97 Å². The summed E-state index contributed by atoms with van der Waals surface area (Å²) < 4.78 is 4.81. The lowest BCUT2D eigenvalue weighted by Crippen LogP contribution is -2.04. The van der Waals surface area contributed by atoms with Gasteiger partial charge in [-0.05, 0) is 24.3 Å². The number of carbonyl (C=O) groups excluding carboxylic acids is 1. The Hall–Kier alpha value is -2.75. The summed E-state index contributed by atoms with van der Waals surface area (Å²) in [6.45, 7) is 3.27. The summed E-state index contributed by atoms with van der Waals surface area (Å²) in [4.78, 5) is 10.7. The fraction of sp³-hybridized carbons (Fsp3) is 0. The van der Waals surface area contributed by atoms with Crippen LogP contribution in [0.15, 0.2) is 67.3 Å². The van der Waals surface area contributed by atoms with Gasteiger partial charge in [0.25, 0.3) is 0 Å². The number of esters is 1. The van der Waals surface area contributed by atoms with Gasteiger partial charge in [0.05, 0.1) is 5.69 Å². The van der Waals surface area contributed by atoms with Crippen molar-refractivity contribution in [2.45, 2.75) is 0 Å². The zero-order valence-corrected chi connectivity index (χ0v) is 10.3. The zero-order chi connectivity index (χ0) is 14.1. The minimum absolute atomic E-state index is 0.322. The lowest BCUT2D eigenvalue weighted by Gasteiger charge is -2.02. The van der Waals surface area contributed by atoms with Crippen LogP contribution < -0.4 is 10.5 Å². The van der Waals surface area contributed by atoms with Gasteiger partial charge in [-0.15, -0.1) is 0 Å². The number of ether oxygens (including phenoxy) is 1. The van der Waals surface area contributed by atoms with Crippen LogP contribution in [-0.2, 0) is 4.79 Å². The first kappa shape index (κ1) is 14.3. The van der Waals surface area contributed by atoms with Crippen LogP contribution >= 0.6 is 0 Å². The maximum atomic E-state index is 10.7. The predicted molar refractivity (Wildman–Crippen MR) is 74.8 cm³/mol. The Bertz CT molecular complexity index is 538. The average molecular weight is 257 g/mol. The second kappa shape index (κ2) is 7.55. The Morgan fingerprint density at radius 1 is 1.11 bits per heavy atom. The highest BCUT2D eigenvalue weighted by molar-refractivity contribution is 5.84. The number of hydrogen-bond donors (Lipinski definition) is 2. The molecule has 0 aliphatic heterocycles. The van der Waals surface area contributed by atoms with Crippen molar-refractivity contribution in [3.8, 4) is 11.5 Å². The Morgan fingerprint density at radius 2 is 1.68 bits per heavy atom. The van der Waals surface area contributed by atoms with E-state index in [0.717, 1.165) is 6.08 Å². The topological polar surface area (TPSA) is 72.5 Å². The number of benzene rings is 2. The van der Waals surface area contributed by atoms with Gasteiger partial charge in [0.1, 0.15) is 5.75 Å². The van der Waals surface area contributed by atoms with Crippen LogP contribution in [0.2, 0.25) is 0 Å². The number of phenols is 1.